The van der Waals surface area contributed by atoms with Crippen molar-refractivity contribution in [2.75, 3.05) is 6.61 Å². The number of hydrogen-bond acceptors (Lipinski definition) is 6. The molecule has 0 aliphatic carbocycles. The van der Waals surface area contributed by atoms with Crippen LogP contribution in [0.25, 0.3) is 22.3 Å². The maximum atomic E-state index is 12.4. The molecule has 180 valence electrons. The lowest BCUT2D eigenvalue weighted by atomic mass is 9.91. The molecule has 1 aromatic carbocycles. The SMILES string of the molecule is Cc1nc2nccc(-c3ccc(OC[C@](C)(CC(C)C)NC(=O)OC(C)(C)C)c(C#N)c3)c2[nH]1. The molecule has 0 bridgehead atoms. The van der Waals surface area contributed by atoms with Gasteiger partial charge < -0.3 is 19.8 Å². The minimum atomic E-state index is -0.674. The van der Waals surface area contributed by atoms with Gasteiger partial charge in [-0.05, 0) is 70.7 Å². The minimum absolute atomic E-state index is 0.192. The summed E-state index contributed by atoms with van der Waals surface area (Å²) in [5.74, 6) is 1.55. The average molecular weight is 464 g/mol. The van der Waals surface area contributed by atoms with E-state index in [0.29, 0.717) is 29.3 Å². The Hall–Kier alpha value is -3.60. The number of H-pyrrole nitrogens is 1. The van der Waals surface area contributed by atoms with Gasteiger partial charge in [-0.15, -0.1) is 0 Å². The number of ether oxygens (including phenoxy) is 2. The van der Waals surface area contributed by atoms with E-state index in [9.17, 15) is 10.1 Å². The molecule has 0 saturated heterocycles. The quantitative estimate of drug-likeness (QED) is 0.477. The van der Waals surface area contributed by atoms with Crippen LogP contribution in [-0.4, -0.2) is 38.8 Å². The van der Waals surface area contributed by atoms with Crippen molar-refractivity contribution in [3.05, 3.63) is 41.9 Å². The van der Waals surface area contributed by atoms with Crippen LogP contribution < -0.4 is 10.1 Å². The van der Waals surface area contributed by atoms with Crippen molar-refractivity contribution in [3.63, 3.8) is 0 Å². The maximum Gasteiger partial charge on any atom is 0.408 e. The average Bonchev–Trinajstić information content (AvgIpc) is 3.10. The van der Waals surface area contributed by atoms with Gasteiger partial charge in [0.1, 0.15) is 29.9 Å². The predicted molar refractivity (Wildman–Crippen MR) is 132 cm³/mol. The highest BCUT2D eigenvalue weighted by molar-refractivity contribution is 5.90. The Labute approximate surface area is 200 Å². The second-order valence-electron chi connectivity index (χ2n) is 10.3. The lowest BCUT2D eigenvalue weighted by Gasteiger charge is -2.33. The number of nitrogens with one attached hydrogen (secondary N) is 2. The van der Waals surface area contributed by atoms with Gasteiger partial charge in [-0.3, -0.25) is 0 Å². The third-order valence-electron chi connectivity index (χ3n) is 5.13. The maximum absolute atomic E-state index is 12.4. The zero-order chi connectivity index (χ0) is 25.1. The number of aromatic amines is 1. The molecule has 8 heteroatoms. The Morgan fingerprint density at radius 2 is 1.97 bits per heavy atom. The molecule has 3 aromatic rings. The van der Waals surface area contributed by atoms with Crippen molar-refractivity contribution in [1.82, 2.24) is 20.3 Å². The van der Waals surface area contributed by atoms with Gasteiger partial charge in [0, 0.05) is 11.8 Å². The summed E-state index contributed by atoms with van der Waals surface area (Å²) in [5, 5.41) is 12.8. The van der Waals surface area contributed by atoms with Crippen molar-refractivity contribution < 1.29 is 14.3 Å². The summed E-state index contributed by atoms with van der Waals surface area (Å²) in [7, 11) is 0. The number of pyridine rings is 1. The molecule has 34 heavy (non-hydrogen) atoms. The molecule has 1 amide bonds. The topological polar surface area (TPSA) is 113 Å². The van der Waals surface area contributed by atoms with E-state index >= 15 is 0 Å². The number of carbonyl (C=O) groups is 1. The van der Waals surface area contributed by atoms with Gasteiger partial charge in [0.15, 0.2) is 5.65 Å². The zero-order valence-electron chi connectivity index (χ0n) is 20.9. The van der Waals surface area contributed by atoms with Crippen LogP contribution in [0.3, 0.4) is 0 Å². The molecule has 3 rings (SSSR count). The van der Waals surface area contributed by atoms with E-state index in [4.69, 9.17) is 9.47 Å². The molecule has 0 fully saturated rings. The van der Waals surface area contributed by atoms with Gasteiger partial charge in [-0.2, -0.15) is 5.26 Å². The Morgan fingerprint density at radius 1 is 1.24 bits per heavy atom. The summed E-state index contributed by atoms with van der Waals surface area (Å²) in [6, 6.07) is 9.60. The summed E-state index contributed by atoms with van der Waals surface area (Å²) < 4.78 is 11.5. The van der Waals surface area contributed by atoms with Crippen molar-refractivity contribution in [2.45, 2.75) is 66.0 Å². The highest BCUT2D eigenvalue weighted by Crippen LogP contribution is 2.31. The number of nitriles is 1. The number of nitrogens with zero attached hydrogens (tertiary/aromatic N) is 3. The molecule has 2 heterocycles. The third-order valence-corrected chi connectivity index (χ3v) is 5.13. The molecule has 8 nitrogen and oxygen atoms in total. The molecule has 0 spiro atoms. The van der Waals surface area contributed by atoms with Crippen LogP contribution in [0.4, 0.5) is 4.79 Å². The molecule has 2 aromatic heterocycles. The smallest absolute Gasteiger partial charge is 0.408 e. The first kappa shape index (κ1) is 25.0. The third kappa shape index (κ3) is 6.25. The van der Waals surface area contributed by atoms with E-state index in [1.807, 2.05) is 46.8 Å². The van der Waals surface area contributed by atoms with E-state index < -0.39 is 17.2 Å². The van der Waals surface area contributed by atoms with Crippen LogP contribution >= 0.6 is 0 Å². The van der Waals surface area contributed by atoms with Crippen LogP contribution in [0.5, 0.6) is 5.75 Å². The molecule has 2 N–H and O–H groups in total. The Bertz CT molecular complexity index is 1220. The van der Waals surface area contributed by atoms with E-state index in [2.05, 4.69) is 40.2 Å². The van der Waals surface area contributed by atoms with Gasteiger partial charge in [0.05, 0.1) is 16.6 Å². The van der Waals surface area contributed by atoms with Crippen molar-refractivity contribution in [3.8, 4) is 22.9 Å². The fourth-order valence-corrected chi connectivity index (χ4v) is 4.01. The number of carbonyl (C=O) groups excluding carboxylic acids is 1. The molecule has 0 aliphatic rings. The predicted octanol–water partition coefficient (Wildman–Crippen LogP) is 5.51. The van der Waals surface area contributed by atoms with Gasteiger partial charge in [-0.25, -0.2) is 14.8 Å². The molecule has 0 radical (unpaired) electrons. The molecule has 0 unspecified atom stereocenters. The Kier molecular flexibility index (Phi) is 7.15. The minimum Gasteiger partial charge on any atom is -0.490 e. The van der Waals surface area contributed by atoms with Crippen molar-refractivity contribution in [1.29, 1.82) is 5.26 Å². The Balaban J connectivity index is 1.83. The lowest BCUT2D eigenvalue weighted by Crippen LogP contribution is -2.52. The standard InChI is InChI=1S/C26H33N5O3/c1-16(2)13-26(7,31-24(32)34-25(4,5)6)15-33-21-9-8-18(12-19(21)14-27)20-10-11-28-23-22(20)29-17(3)30-23/h8-12,16H,13,15H2,1-7H3,(H,31,32)(H,28,29,30)/t26-/m0/s1. The van der Waals surface area contributed by atoms with Crippen molar-refractivity contribution in [2.24, 2.45) is 5.92 Å². The van der Waals surface area contributed by atoms with Gasteiger partial charge in [0.25, 0.3) is 0 Å². The number of rotatable bonds is 7. The molecule has 0 aliphatic heterocycles. The molecule has 1 atom stereocenters. The van der Waals surface area contributed by atoms with Gasteiger partial charge in [0.2, 0.25) is 0 Å². The number of amides is 1. The largest absolute Gasteiger partial charge is 0.490 e. The second-order valence-corrected chi connectivity index (χ2v) is 10.3. The van der Waals surface area contributed by atoms with Crippen LogP contribution in [0, 0.1) is 24.2 Å². The number of alkyl carbamates (subject to hydrolysis) is 1. The van der Waals surface area contributed by atoms with Crippen LogP contribution in [0.2, 0.25) is 0 Å². The fourth-order valence-electron chi connectivity index (χ4n) is 4.01. The number of benzene rings is 1. The molecular formula is C26H33N5O3. The first-order valence-electron chi connectivity index (χ1n) is 11.4. The Morgan fingerprint density at radius 3 is 2.62 bits per heavy atom. The summed E-state index contributed by atoms with van der Waals surface area (Å²) in [4.78, 5) is 24.4. The second kappa shape index (κ2) is 9.72. The van der Waals surface area contributed by atoms with Gasteiger partial charge >= 0.3 is 6.09 Å². The number of aromatic nitrogens is 3. The number of aryl methyl sites for hydroxylation is 1. The van der Waals surface area contributed by atoms with Crippen LogP contribution in [0.15, 0.2) is 30.5 Å². The number of fused-ring (bicyclic) bond motifs is 1. The first-order valence-corrected chi connectivity index (χ1v) is 11.4. The highest BCUT2D eigenvalue weighted by Gasteiger charge is 2.31. The van der Waals surface area contributed by atoms with Gasteiger partial charge in [-0.1, -0.05) is 19.9 Å². The van der Waals surface area contributed by atoms with Crippen LogP contribution in [0.1, 0.15) is 59.4 Å². The van der Waals surface area contributed by atoms with E-state index in [1.165, 1.54) is 0 Å². The van der Waals surface area contributed by atoms with E-state index in [-0.39, 0.29) is 6.61 Å². The summed E-state index contributed by atoms with van der Waals surface area (Å²) in [5.41, 5.74) is 2.35. The molecule has 0 saturated carbocycles. The summed E-state index contributed by atoms with van der Waals surface area (Å²) in [6.45, 7) is 13.6. The monoisotopic (exact) mass is 463 g/mol. The lowest BCUT2D eigenvalue weighted by molar-refractivity contribution is 0.0408. The molecular weight excluding hydrogens is 430 g/mol. The number of imidazole rings is 1. The normalized spacial score (nSPS) is 13.4. The first-order chi connectivity index (χ1) is 15.9. The van der Waals surface area contributed by atoms with E-state index in [1.54, 1.807) is 18.3 Å². The van der Waals surface area contributed by atoms with Crippen LogP contribution in [-0.2, 0) is 4.74 Å². The van der Waals surface area contributed by atoms with Crippen molar-refractivity contribution >= 4 is 17.3 Å². The van der Waals surface area contributed by atoms with E-state index in [0.717, 1.165) is 22.5 Å². The zero-order valence-corrected chi connectivity index (χ0v) is 20.9. The summed E-state index contributed by atoms with van der Waals surface area (Å²) >= 11 is 0. The fraction of sp³-hybridized carbons (Fsp3) is 0.462. The number of hydrogen-bond donors (Lipinski definition) is 2. The highest BCUT2D eigenvalue weighted by atomic mass is 16.6. The summed E-state index contributed by atoms with van der Waals surface area (Å²) in [6.07, 6.45) is 1.89.